The lowest BCUT2D eigenvalue weighted by Crippen LogP contribution is -2.08. The second kappa shape index (κ2) is 6.19. The van der Waals surface area contributed by atoms with Crippen LogP contribution in [0.15, 0.2) is 6.33 Å². The number of ether oxygens (including phenoxy) is 1. The molecular formula is C10H17N3O2. The number of hydrogen-bond donors (Lipinski definition) is 2. The largest absolute Gasteiger partial charge is 0.478 e. The van der Waals surface area contributed by atoms with Gasteiger partial charge in [-0.25, -0.2) is 9.97 Å². The zero-order chi connectivity index (χ0) is 11.1. The Balaban J connectivity index is 2.66. The van der Waals surface area contributed by atoms with Crippen LogP contribution in [0.3, 0.4) is 0 Å². The molecule has 0 atom stereocenters. The fourth-order valence-electron chi connectivity index (χ4n) is 1.18. The monoisotopic (exact) mass is 211 g/mol. The average Bonchev–Trinajstić information content (AvgIpc) is 2.24. The van der Waals surface area contributed by atoms with Crippen LogP contribution in [0.4, 0.5) is 5.82 Å². The maximum Gasteiger partial charge on any atom is 0.221 e. The topological polar surface area (TPSA) is 67.3 Å². The molecule has 0 aliphatic rings. The molecule has 0 saturated heterocycles. The molecule has 0 amide bonds. The van der Waals surface area contributed by atoms with Crippen LogP contribution in [0.2, 0.25) is 0 Å². The summed E-state index contributed by atoms with van der Waals surface area (Å²) in [6.07, 6.45) is 2.17. The number of hydrogen-bond acceptors (Lipinski definition) is 5. The van der Waals surface area contributed by atoms with E-state index in [1.165, 1.54) is 6.33 Å². The lowest BCUT2D eigenvalue weighted by Gasteiger charge is -2.10. The van der Waals surface area contributed by atoms with Gasteiger partial charge in [0.05, 0.1) is 12.2 Å². The molecule has 1 aromatic rings. The summed E-state index contributed by atoms with van der Waals surface area (Å²) in [7, 11) is 0. The summed E-state index contributed by atoms with van der Waals surface area (Å²) in [5.74, 6) is 1.38. The maximum absolute atomic E-state index is 8.65. The first-order valence-electron chi connectivity index (χ1n) is 5.08. The van der Waals surface area contributed by atoms with E-state index >= 15 is 0 Å². The molecule has 0 radical (unpaired) electrons. The zero-order valence-electron chi connectivity index (χ0n) is 9.16. The van der Waals surface area contributed by atoms with Crippen molar-refractivity contribution in [1.82, 2.24) is 9.97 Å². The third kappa shape index (κ3) is 3.36. The Kier molecular flexibility index (Phi) is 4.83. The number of nitrogens with zero attached hydrogens (tertiary/aromatic N) is 2. The number of aromatic nitrogens is 2. The lowest BCUT2D eigenvalue weighted by molar-refractivity contribution is 0.292. The van der Waals surface area contributed by atoms with Crippen molar-refractivity contribution in [2.75, 3.05) is 25.1 Å². The molecule has 0 saturated carbocycles. The van der Waals surface area contributed by atoms with Crippen LogP contribution in [0, 0.1) is 6.92 Å². The molecule has 0 aromatic carbocycles. The fourth-order valence-corrected chi connectivity index (χ4v) is 1.18. The van der Waals surface area contributed by atoms with Gasteiger partial charge >= 0.3 is 0 Å². The number of aliphatic hydroxyl groups excluding tert-OH is 1. The van der Waals surface area contributed by atoms with E-state index in [0.717, 1.165) is 11.4 Å². The predicted octanol–water partition coefficient (Wildman–Crippen LogP) is 0.978. The van der Waals surface area contributed by atoms with E-state index in [9.17, 15) is 0 Å². The summed E-state index contributed by atoms with van der Waals surface area (Å²) in [5.41, 5.74) is 0.900. The lowest BCUT2D eigenvalue weighted by atomic mass is 10.3. The van der Waals surface area contributed by atoms with Gasteiger partial charge in [-0.1, -0.05) is 0 Å². The minimum absolute atomic E-state index is 0.176. The summed E-state index contributed by atoms with van der Waals surface area (Å²) in [6, 6.07) is 0. The van der Waals surface area contributed by atoms with Gasteiger partial charge in [-0.2, -0.15) is 0 Å². The van der Waals surface area contributed by atoms with Crippen molar-refractivity contribution in [3.63, 3.8) is 0 Å². The summed E-state index contributed by atoms with van der Waals surface area (Å²) >= 11 is 0. The molecule has 0 unspecified atom stereocenters. The fraction of sp³-hybridized carbons (Fsp3) is 0.600. The second-order valence-electron chi connectivity index (χ2n) is 3.09. The summed E-state index contributed by atoms with van der Waals surface area (Å²) in [4.78, 5) is 8.14. The molecule has 5 heteroatoms. The highest BCUT2D eigenvalue weighted by Gasteiger charge is 2.06. The number of anilines is 1. The van der Waals surface area contributed by atoms with Crippen molar-refractivity contribution in [2.24, 2.45) is 0 Å². The molecular weight excluding hydrogens is 194 g/mol. The maximum atomic E-state index is 8.65. The molecule has 15 heavy (non-hydrogen) atoms. The molecule has 2 N–H and O–H groups in total. The van der Waals surface area contributed by atoms with E-state index in [-0.39, 0.29) is 6.61 Å². The van der Waals surface area contributed by atoms with Crippen LogP contribution in [0.25, 0.3) is 0 Å². The smallest absolute Gasteiger partial charge is 0.221 e. The SMILES string of the molecule is CCOc1ncnc(NCCCO)c1C. The standard InChI is InChI=1S/C10H17N3O2/c1-3-15-10-8(2)9(12-7-13-10)11-5-4-6-14/h7,14H,3-6H2,1-2H3,(H,11,12,13). The van der Waals surface area contributed by atoms with Gasteiger partial charge in [0.2, 0.25) is 5.88 Å². The van der Waals surface area contributed by atoms with Crippen molar-refractivity contribution in [3.05, 3.63) is 11.9 Å². The van der Waals surface area contributed by atoms with E-state index in [2.05, 4.69) is 15.3 Å². The molecule has 0 fully saturated rings. The minimum atomic E-state index is 0.176. The Morgan fingerprint density at radius 2 is 2.27 bits per heavy atom. The van der Waals surface area contributed by atoms with Crippen molar-refractivity contribution in [2.45, 2.75) is 20.3 Å². The molecule has 84 valence electrons. The highest BCUT2D eigenvalue weighted by atomic mass is 16.5. The Morgan fingerprint density at radius 1 is 1.47 bits per heavy atom. The van der Waals surface area contributed by atoms with Gasteiger partial charge in [0.15, 0.2) is 0 Å². The third-order valence-electron chi connectivity index (χ3n) is 1.95. The van der Waals surface area contributed by atoms with Crippen molar-refractivity contribution in [1.29, 1.82) is 0 Å². The first-order valence-corrected chi connectivity index (χ1v) is 5.08. The van der Waals surface area contributed by atoms with Gasteiger partial charge in [0.25, 0.3) is 0 Å². The van der Waals surface area contributed by atoms with E-state index in [1.807, 2.05) is 13.8 Å². The molecule has 5 nitrogen and oxygen atoms in total. The molecule has 0 aliphatic heterocycles. The minimum Gasteiger partial charge on any atom is -0.478 e. The van der Waals surface area contributed by atoms with Crippen LogP contribution in [0.1, 0.15) is 18.9 Å². The molecule has 1 heterocycles. The van der Waals surface area contributed by atoms with Crippen LogP contribution >= 0.6 is 0 Å². The normalized spacial score (nSPS) is 10.1. The van der Waals surface area contributed by atoms with Crippen LogP contribution in [-0.4, -0.2) is 34.8 Å². The number of aliphatic hydroxyl groups is 1. The van der Waals surface area contributed by atoms with Crippen molar-refractivity contribution in [3.8, 4) is 5.88 Å². The van der Waals surface area contributed by atoms with Crippen LogP contribution in [-0.2, 0) is 0 Å². The molecule has 1 rings (SSSR count). The second-order valence-corrected chi connectivity index (χ2v) is 3.09. The number of nitrogens with one attached hydrogen (secondary N) is 1. The quantitative estimate of drug-likeness (QED) is 0.686. The number of rotatable bonds is 6. The Hall–Kier alpha value is -1.36. The Bertz CT molecular complexity index is 305. The molecule has 1 aromatic heterocycles. The first kappa shape index (κ1) is 11.7. The summed E-state index contributed by atoms with van der Waals surface area (Å²) in [5, 5.41) is 11.8. The molecule has 0 aliphatic carbocycles. The van der Waals surface area contributed by atoms with Crippen LogP contribution < -0.4 is 10.1 Å². The van der Waals surface area contributed by atoms with Gasteiger partial charge in [-0.15, -0.1) is 0 Å². The average molecular weight is 211 g/mol. The van der Waals surface area contributed by atoms with E-state index in [4.69, 9.17) is 9.84 Å². The van der Waals surface area contributed by atoms with Crippen LogP contribution in [0.5, 0.6) is 5.88 Å². The van der Waals surface area contributed by atoms with Gasteiger partial charge in [-0.3, -0.25) is 0 Å². The summed E-state index contributed by atoms with van der Waals surface area (Å²) < 4.78 is 5.34. The third-order valence-corrected chi connectivity index (χ3v) is 1.95. The molecule has 0 spiro atoms. The van der Waals surface area contributed by atoms with Gasteiger partial charge in [-0.05, 0) is 20.3 Å². The van der Waals surface area contributed by atoms with Gasteiger partial charge in [0, 0.05) is 13.2 Å². The van der Waals surface area contributed by atoms with E-state index in [0.29, 0.717) is 25.5 Å². The highest BCUT2D eigenvalue weighted by molar-refractivity contribution is 5.47. The zero-order valence-corrected chi connectivity index (χ0v) is 9.16. The Morgan fingerprint density at radius 3 is 2.93 bits per heavy atom. The van der Waals surface area contributed by atoms with E-state index < -0.39 is 0 Å². The highest BCUT2D eigenvalue weighted by Crippen LogP contribution is 2.19. The molecule has 0 bridgehead atoms. The summed E-state index contributed by atoms with van der Waals surface area (Å²) in [6.45, 7) is 5.29. The van der Waals surface area contributed by atoms with E-state index in [1.54, 1.807) is 0 Å². The van der Waals surface area contributed by atoms with Crippen molar-refractivity contribution >= 4 is 5.82 Å². The van der Waals surface area contributed by atoms with Crippen molar-refractivity contribution < 1.29 is 9.84 Å². The first-order chi connectivity index (χ1) is 7.29. The predicted molar refractivity (Wildman–Crippen MR) is 58.1 cm³/mol. The van der Waals surface area contributed by atoms with Gasteiger partial charge in [0.1, 0.15) is 12.1 Å². The Labute approximate surface area is 89.5 Å². The van der Waals surface area contributed by atoms with Gasteiger partial charge < -0.3 is 15.2 Å².